The molecule has 0 aromatic carbocycles. The van der Waals surface area contributed by atoms with E-state index in [1.54, 1.807) is 11.0 Å². The normalized spacial score (nSPS) is 19.0. The second-order valence-corrected chi connectivity index (χ2v) is 6.44. The van der Waals surface area contributed by atoms with Crippen molar-refractivity contribution in [2.45, 2.75) is 64.1 Å². The molecule has 1 aliphatic rings. The number of aliphatic hydroxyl groups excluding tert-OH is 1. The van der Waals surface area contributed by atoms with Gasteiger partial charge in [0.2, 0.25) is 5.91 Å². The molecule has 0 radical (unpaired) electrons. The van der Waals surface area contributed by atoms with Gasteiger partial charge >= 0.3 is 5.97 Å². The second kappa shape index (κ2) is 9.36. The van der Waals surface area contributed by atoms with Gasteiger partial charge in [-0.3, -0.25) is 9.48 Å². The molecule has 0 aliphatic carbocycles. The number of aliphatic hydroxyl groups is 1. The molecule has 7 heteroatoms. The van der Waals surface area contributed by atoms with Gasteiger partial charge in [0.15, 0.2) is 0 Å². The maximum atomic E-state index is 12.1. The van der Waals surface area contributed by atoms with E-state index in [1.165, 1.54) is 17.1 Å². The minimum Gasteiger partial charge on any atom is -0.478 e. The molecule has 0 saturated carbocycles. The number of carbonyl (C=O) groups is 2. The minimum atomic E-state index is -1.01. The number of carbonyl (C=O) groups excluding carboxylic acids is 1. The lowest BCUT2D eigenvalue weighted by Gasteiger charge is -2.22. The first-order valence-corrected chi connectivity index (χ1v) is 8.93. The van der Waals surface area contributed by atoms with Crippen LogP contribution in [0.25, 0.3) is 0 Å². The van der Waals surface area contributed by atoms with E-state index in [4.69, 9.17) is 5.11 Å². The molecule has 2 unspecified atom stereocenters. The van der Waals surface area contributed by atoms with E-state index < -0.39 is 12.1 Å². The fourth-order valence-electron chi connectivity index (χ4n) is 3.01. The molecule has 2 N–H and O–H groups in total. The lowest BCUT2D eigenvalue weighted by molar-refractivity contribution is -0.128. The molecule has 0 spiro atoms. The van der Waals surface area contributed by atoms with Gasteiger partial charge < -0.3 is 15.1 Å². The van der Waals surface area contributed by atoms with Crippen molar-refractivity contribution in [3.63, 3.8) is 0 Å². The van der Waals surface area contributed by atoms with Crippen molar-refractivity contribution in [1.82, 2.24) is 14.7 Å². The molecule has 1 aromatic heterocycles. The van der Waals surface area contributed by atoms with Crippen molar-refractivity contribution in [2.24, 2.45) is 0 Å². The van der Waals surface area contributed by atoms with Gasteiger partial charge in [-0.2, -0.15) is 5.10 Å². The highest BCUT2D eigenvalue weighted by Gasteiger charge is 2.28. The van der Waals surface area contributed by atoms with E-state index in [0.29, 0.717) is 19.5 Å². The van der Waals surface area contributed by atoms with Crippen LogP contribution in [0, 0.1) is 0 Å². The van der Waals surface area contributed by atoms with Crippen molar-refractivity contribution >= 4 is 11.9 Å². The topological polar surface area (TPSA) is 95.7 Å². The molecule has 1 aromatic rings. The molecule has 138 valence electrons. The fourth-order valence-corrected chi connectivity index (χ4v) is 3.01. The Kier molecular flexibility index (Phi) is 7.18. The number of carboxylic acids is 1. The van der Waals surface area contributed by atoms with Crippen molar-refractivity contribution < 1.29 is 19.8 Å². The zero-order valence-corrected chi connectivity index (χ0v) is 14.7. The standard InChI is InChI=1S/C18H27N3O4/c1-2-3-4-5-16(22)8-6-15-7-9-17(23)21(15)11-10-20-13-14(12-19-20)18(24)25/h6,8,12-13,15-16,22H,2-5,7,9-11H2,1H3,(H,24,25). The van der Waals surface area contributed by atoms with Gasteiger partial charge in [0.25, 0.3) is 0 Å². The second-order valence-electron chi connectivity index (χ2n) is 6.44. The number of amides is 1. The van der Waals surface area contributed by atoms with Crippen LogP contribution in [0.4, 0.5) is 0 Å². The summed E-state index contributed by atoms with van der Waals surface area (Å²) in [5, 5.41) is 22.9. The molecule has 1 saturated heterocycles. The first-order valence-electron chi connectivity index (χ1n) is 8.93. The number of aromatic carboxylic acids is 1. The number of likely N-dealkylation sites (tertiary alicyclic amines) is 1. The van der Waals surface area contributed by atoms with Gasteiger partial charge in [-0.15, -0.1) is 0 Å². The number of nitrogens with zero attached hydrogens (tertiary/aromatic N) is 3. The number of hydrogen-bond donors (Lipinski definition) is 2. The third kappa shape index (κ3) is 5.70. The first kappa shape index (κ1) is 19.2. The summed E-state index contributed by atoms with van der Waals surface area (Å²) in [5.41, 5.74) is 0.138. The predicted molar refractivity (Wildman–Crippen MR) is 93.2 cm³/mol. The van der Waals surface area contributed by atoms with E-state index in [9.17, 15) is 14.7 Å². The van der Waals surface area contributed by atoms with Gasteiger partial charge in [0, 0.05) is 19.2 Å². The molecule has 25 heavy (non-hydrogen) atoms. The Balaban J connectivity index is 1.86. The molecule has 2 heterocycles. The van der Waals surface area contributed by atoms with Crippen LogP contribution in [0.15, 0.2) is 24.5 Å². The summed E-state index contributed by atoms with van der Waals surface area (Å²) in [5.74, 6) is -0.929. The van der Waals surface area contributed by atoms with Crippen LogP contribution in [0.2, 0.25) is 0 Å². The molecule has 2 rings (SSSR count). The first-order chi connectivity index (χ1) is 12.0. The molecule has 7 nitrogen and oxygen atoms in total. The highest BCUT2D eigenvalue weighted by atomic mass is 16.4. The summed E-state index contributed by atoms with van der Waals surface area (Å²) >= 11 is 0. The summed E-state index contributed by atoms with van der Waals surface area (Å²) in [4.78, 5) is 24.7. The van der Waals surface area contributed by atoms with Crippen LogP contribution in [-0.2, 0) is 11.3 Å². The molecular weight excluding hydrogens is 322 g/mol. The lowest BCUT2D eigenvalue weighted by atomic mass is 10.1. The Hall–Kier alpha value is -2.15. The quantitative estimate of drug-likeness (QED) is 0.498. The highest BCUT2D eigenvalue weighted by molar-refractivity contribution is 5.86. The maximum absolute atomic E-state index is 12.1. The average molecular weight is 349 g/mol. The Bertz CT molecular complexity index is 611. The van der Waals surface area contributed by atoms with E-state index in [0.717, 1.165) is 32.1 Å². The van der Waals surface area contributed by atoms with Gasteiger partial charge in [0.1, 0.15) is 0 Å². The van der Waals surface area contributed by atoms with Crippen LogP contribution in [-0.4, -0.2) is 55.5 Å². The fraction of sp³-hybridized carbons (Fsp3) is 0.611. The number of carboxylic acid groups (broad SMARTS) is 1. The molecular formula is C18H27N3O4. The number of hydrogen-bond acceptors (Lipinski definition) is 4. The van der Waals surface area contributed by atoms with Crippen LogP contribution in [0.3, 0.4) is 0 Å². The van der Waals surface area contributed by atoms with Gasteiger partial charge in [0.05, 0.1) is 30.5 Å². The minimum absolute atomic E-state index is 0.0113. The molecule has 1 fully saturated rings. The van der Waals surface area contributed by atoms with E-state index in [1.807, 2.05) is 6.08 Å². The molecule has 1 aliphatic heterocycles. The van der Waals surface area contributed by atoms with E-state index >= 15 is 0 Å². The Morgan fingerprint density at radius 2 is 2.24 bits per heavy atom. The Labute approximate surface area is 147 Å². The zero-order chi connectivity index (χ0) is 18.2. The molecule has 0 bridgehead atoms. The summed E-state index contributed by atoms with van der Waals surface area (Å²) in [7, 11) is 0. The number of rotatable bonds is 10. The molecule has 1 amide bonds. The largest absolute Gasteiger partial charge is 0.478 e. The summed E-state index contributed by atoms with van der Waals surface area (Å²) in [6, 6.07) is -0.0113. The van der Waals surface area contributed by atoms with Crippen molar-refractivity contribution in [2.75, 3.05) is 6.54 Å². The SMILES string of the molecule is CCCCCC(O)C=CC1CCC(=O)N1CCn1cc(C(=O)O)cn1. The van der Waals surface area contributed by atoms with Gasteiger partial charge in [-0.05, 0) is 12.8 Å². The van der Waals surface area contributed by atoms with Gasteiger partial charge in [-0.25, -0.2) is 4.79 Å². The smallest absolute Gasteiger partial charge is 0.338 e. The third-order valence-electron chi connectivity index (χ3n) is 4.48. The summed E-state index contributed by atoms with van der Waals surface area (Å²) < 4.78 is 1.54. The average Bonchev–Trinajstić information content (AvgIpc) is 3.18. The highest BCUT2D eigenvalue weighted by Crippen LogP contribution is 2.20. The van der Waals surface area contributed by atoms with Crippen molar-refractivity contribution in [3.8, 4) is 0 Å². The summed E-state index contributed by atoms with van der Waals surface area (Å²) in [6.07, 6.45) is 11.3. The van der Waals surface area contributed by atoms with Crippen molar-refractivity contribution in [3.05, 3.63) is 30.1 Å². The number of aromatic nitrogens is 2. The number of unbranched alkanes of at least 4 members (excludes halogenated alkanes) is 2. The predicted octanol–water partition coefficient (Wildman–Crippen LogP) is 2.07. The Morgan fingerprint density at radius 1 is 1.44 bits per heavy atom. The maximum Gasteiger partial charge on any atom is 0.338 e. The molecule has 2 atom stereocenters. The van der Waals surface area contributed by atoms with Crippen LogP contribution >= 0.6 is 0 Å². The van der Waals surface area contributed by atoms with Gasteiger partial charge in [-0.1, -0.05) is 38.3 Å². The third-order valence-corrected chi connectivity index (χ3v) is 4.48. The van der Waals surface area contributed by atoms with Crippen molar-refractivity contribution in [1.29, 1.82) is 0 Å². The van der Waals surface area contributed by atoms with Crippen LogP contribution in [0.5, 0.6) is 0 Å². The van der Waals surface area contributed by atoms with Crippen LogP contribution < -0.4 is 0 Å². The summed E-state index contributed by atoms with van der Waals surface area (Å²) in [6.45, 7) is 3.05. The Morgan fingerprint density at radius 3 is 2.92 bits per heavy atom. The van der Waals surface area contributed by atoms with Crippen LogP contribution in [0.1, 0.15) is 55.8 Å². The lowest BCUT2D eigenvalue weighted by Crippen LogP contribution is -2.34. The van der Waals surface area contributed by atoms with E-state index in [2.05, 4.69) is 12.0 Å². The van der Waals surface area contributed by atoms with E-state index in [-0.39, 0.29) is 17.5 Å². The zero-order valence-electron chi connectivity index (χ0n) is 14.7. The monoisotopic (exact) mass is 349 g/mol.